The molecular formula is C18H30N4O2. The van der Waals surface area contributed by atoms with Crippen molar-refractivity contribution in [2.75, 3.05) is 39.5 Å². The van der Waals surface area contributed by atoms with Gasteiger partial charge in [0.25, 0.3) is 0 Å². The van der Waals surface area contributed by atoms with Crippen molar-refractivity contribution < 1.29 is 9.47 Å². The molecule has 0 aliphatic carbocycles. The van der Waals surface area contributed by atoms with Crippen LogP contribution in [0.5, 0.6) is 0 Å². The zero-order valence-corrected chi connectivity index (χ0v) is 14.7. The van der Waals surface area contributed by atoms with Gasteiger partial charge in [-0.2, -0.15) is 0 Å². The summed E-state index contributed by atoms with van der Waals surface area (Å²) >= 11 is 0. The lowest BCUT2D eigenvalue weighted by Crippen LogP contribution is -2.38. The van der Waals surface area contributed by atoms with Gasteiger partial charge in [-0.3, -0.25) is 9.98 Å². The first kappa shape index (κ1) is 18.7. The SMILES string of the molecule is CCNC(=NCCCOCC1CCCO1)NCCc1ccccn1. The first-order valence-electron chi connectivity index (χ1n) is 9.00. The van der Waals surface area contributed by atoms with Gasteiger partial charge in [-0.15, -0.1) is 0 Å². The van der Waals surface area contributed by atoms with E-state index in [1.54, 1.807) is 0 Å². The molecule has 1 aliphatic rings. The summed E-state index contributed by atoms with van der Waals surface area (Å²) in [5.41, 5.74) is 1.09. The molecule has 1 aromatic heterocycles. The summed E-state index contributed by atoms with van der Waals surface area (Å²) in [5, 5.41) is 6.61. The van der Waals surface area contributed by atoms with Crippen LogP contribution >= 0.6 is 0 Å². The largest absolute Gasteiger partial charge is 0.379 e. The molecule has 1 atom stereocenters. The Morgan fingerprint density at radius 3 is 3.12 bits per heavy atom. The van der Waals surface area contributed by atoms with Gasteiger partial charge in [0.05, 0.1) is 12.7 Å². The van der Waals surface area contributed by atoms with Gasteiger partial charge in [-0.1, -0.05) is 6.07 Å². The van der Waals surface area contributed by atoms with E-state index >= 15 is 0 Å². The van der Waals surface area contributed by atoms with Crippen LogP contribution in [0.3, 0.4) is 0 Å². The monoisotopic (exact) mass is 334 g/mol. The summed E-state index contributed by atoms with van der Waals surface area (Å²) in [6, 6.07) is 5.98. The van der Waals surface area contributed by atoms with E-state index in [4.69, 9.17) is 9.47 Å². The number of hydrogen-bond donors (Lipinski definition) is 2. The molecule has 6 heteroatoms. The summed E-state index contributed by atoms with van der Waals surface area (Å²) in [7, 11) is 0. The Morgan fingerprint density at radius 2 is 2.38 bits per heavy atom. The molecule has 1 fully saturated rings. The molecule has 1 unspecified atom stereocenters. The van der Waals surface area contributed by atoms with E-state index in [0.717, 1.165) is 70.2 Å². The maximum atomic E-state index is 5.65. The standard InChI is InChI=1S/C18H30N4O2/c1-2-19-18(22-12-9-16-7-3-4-10-20-16)21-11-6-13-23-15-17-8-5-14-24-17/h3-4,7,10,17H,2,5-6,8-9,11-15H2,1H3,(H2,19,21,22). The second-order valence-electron chi connectivity index (χ2n) is 5.82. The van der Waals surface area contributed by atoms with Crippen LogP contribution in [0.1, 0.15) is 31.9 Å². The average molecular weight is 334 g/mol. The molecule has 0 saturated carbocycles. The van der Waals surface area contributed by atoms with Gasteiger partial charge >= 0.3 is 0 Å². The van der Waals surface area contributed by atoms with Gasteiger partial charge in [-0.25, -0.2) is 0 Å². The molecule has 2 rings (SSSR count). The topological polar surface area (TPSA) is 67.8 Å². The minimum atomic E-state index is 0.305. The third-order valence-corrected chi connectivity index (χ3v) is 3.79. The van der Waals surface area contributed by atoms with Crippen LogP contribution in [0.25, 0.3) is 0 Å². The predicted octanol–water partition coefficient (Wildman–Crippen LogP) is 1.76. The number of nitrogens with one attached hydrogen (secondary N) is 2. The quantitative estimate of drug-likeness (QED) is 0.388. The van der Waals surface area contributed by atoms with Crippen LogP contribution < -0.4 is 10.6 Å². The maximum absolute atomic E-state index is 5.65. The molecule has 0 radical (unpaired) electrons. The molecule has 1 aliphatic heterocycles. The van der Waals surface area contributed by atoms with Crippen molar-refractivity contribution in [1.29, 1.82) is 0 Å². The Bertz CT molecular complexity index is 461. The maximum Gasteiger partial charge on any atom is 0.191 e. The van der Waals surface area contributed by atoms with Crippen LogP contribution in [0.2, 0.25) is 0 Å². The number of pyridine rings is 1. The van der Waals surface area contributed by atoms with Gasteiger partial charge in [0.15, 0.2) is 5.96 Å². The minimum absolute atomic E-state index is 0.305. The summed E-state index contributed by atoms with van der Waals surface area (Å²) in [6.07, 6.45) is 6.22. The number of rotatable bonds is 10. The fourth-order valence-corrected chi connectivity index (χ4v) is 2.54. The lowest BCUT2D eigenvalue weighted by Gasteiger charge is -2.11. The summed E-state index contributed by atoms with van der Waals surface area (Å²) < 4.78 is 11.2. The fraction of sp³-hybridized carbons (Fsp3) is 0.667. The van der Waals surface area contributed by atoms with E-state index in [-0.39, 0.29) is 0 Å². The Hall–Kier alpha value is -1.66. The molecule has 134 valence electrons. The van der Waals surface area contributed by atoms with Gasteiger partial charge in [0.2, 0.25) is 0 Å². The van der Waals surface area contributed by atoms with Crippen molar-refractivity contribution in [1.82, 2.24) is 15.6 Å². The van der Waals surface area contributed by atoms with E-state index < -0.39 is 0 Å². The van der Waals surface area contributed by atoms with Crippen molar-refractivity contribution in [3.8, 4) is 0 Å². The highest BCUT2D eigenvalue weighted by Gasteiger charge is 2.14. The average Bonchev–Trinajstić information content (AvgIpc) is 3.12. The number of hydrogen-bond acceptors (Lipinski definition) is 4. The molecule has 2 N–H and O–H groups in total. The highest BCUT2D eigenvalue weighted by Crippen LogP contribution is 2.11. The third kappa shape index (κ3) is 7.75. The molecule has 0 bridgehead atoms. The third-order valence-electron chi connectivity index (χ3n) is 3.79. The lowest BCUT2D eigenvalue weighted by molar-refractivity contribution is 0.0171. The van der Waals surface area contributed by atoms with E-state index in [0.29, 0.717) is 12.7 Å². The second kappa shape index (κ2) is 11.8. The Labute approximate surface area is 145 Å². The Kier molecular flexibility index (Phi) is 9.19. The van der Waals surface area contributed by atoms with E-state index in [9.17, 15) is 0 Å². The molecule has 24 heavy (non-hydrogen) atoms. The highest BCUT2D eigenvalue weighted by atomic mass is 16.5. The van der Waals surface area contributed by atoms with Crippen LogP contribution in [-0.2, 0) is 15.9 Å². The second-order valence-corrected chi connectivity index (χ2v) is 5.82. The van der Waals surface area contributed by atoms with Crippen molar-refractivity contribution in [2.24, 2.45) is 4.99 Å². The van der Waals surface area contributed by atoms with Crippen LogP contribution in [0.4, 0.5) is 0 Å². The summed E-state index contributed by atoms with van der Waals surface area (Å²) in [4.78, 5) is 8.90. The summed E-state index contributed by atoms with van der Waals surface area (Å²) in [5.74, 6) is 0.854. The fourth-order valence-electron chi connectivity index (χ4n) is 2.54. The smallest absolute Gasteiger partial charge is 0.191 e. The number of guanidine groups is 1. The van der Waals surface area contributed by atoms with Crippen LogP contribution in [0.15, 0.2) is 29.4 Å². The number of aromatic nitrogens is 1. The van der Waals surface area contributed by atoms with Crippen molar-refractivity contribution in [2.45, 2.75) is 38.7 Å². The lowest BCUT2D eigenvalue weighted by atomic mass is 10.2. The molecule has 0 spiro atoms. The van der Waals surface area contributed by atoms with Gasteiger partial charge in [0, 0.05) is 51.2 Å². The van der Waals surface area contributed by atoms with Gasteiger partial charge in [-0.05, 0) is 38.3 Å². The first-order valence-corrected chi connectivity index (χ1v) is 9.00. The van der Waals surface area contributed by atoms with E-state index in [1.807, 2.05) is 24.4 Å². The zero-order valence-electron chi connectivity index (χ0n) is 14.7. The van der Waals surface area contributed by atoms with Crippen molar-refractivity contribution in [3.63, 3.8) is 0 Å². The number of aliphatic imine (C=N–C) groups is 1. The van der Waals surface area contributed by atoms with Crippen molar-refractivity contribution >= 4 is 5.96 Å². The molecule has 0 aromatic carbocycles. The van der Waals surface area contributed by atoms with E-state index in [1.165, 1.54) is 0 Å². The minimum Gasteiger partial charge on any atom is -0.379 e. The van der Waals surface area contributed by atoms with Crippen LogP contribution in [-0.4, -0.2) is 56.5 Å². The first-order chi connectivity index (χ1) is 11.9. The van der Waals surface area contributed by atoms with E-state index in [2.05, 4.69) is 27.5 Å². The molecule has 0 amide bonds. The Balaban J connectivity index is 1.57. The molecule has 1 aromatic rings. The molecular weight excluding hydrogens is 304 g/mol. The predicted molar refractivity (Wildman–Crippen MR) is 96.3 cm³/mol. The van der Waals surface area contributed by atoms with Crippen LogP contribution in [0, 0.1) is 0 Å². The Morgan fingerprint density at radius 1 is 1.42 bits per heavy atom. The van der Waals surface area contributed by atoms with Crippen molar-refractivity contribution in [3.05, 3.63) is 30.1 Å². The highest BCUT2D eigenvalue weighted by molar-refractivity contribution is 5.79. The number of nitrogens with zero attached hydrogens (tertiary/aromatic N) is 2. The molecule has 2 heterocycles. The van der Waals surface area contributed by atoms with Gasteiger partial charge < -0.3 is 20.1 Å². The van der Waals surface area contributed by atoms with Gasteiger partial charge in [0.1, 0.15) is 0 Å². The summed E-state index contributed by atoms with van der Waals surface area (Å²) in [6.45, 7) is 6.83. The molecule has 6 nitrogen and oxygen atoms in total. The normalized spacial score (nSPS) is 17.9. The molecule has 1 saturated heterocycles. The number of ether oxygens (including phenoxy) is 2. The zero-order chi connectivity index (χ0) is 16.9.